The van der Waals surface area contributed by atoms with Gasteiger partial charge in [-0.2, -0.15) is 0 Å². The summed E-state index contributed by atoms with van der Waals surface area (Å²) < 4.78 is 37.8. The highest BCUT2D eigenvalue weighted by Crippen LogP contribution is 2.15. The van der Waals surface area contributed by atoms with E-state index in [0.717, 1.165) is 11.6 Å². The van der Waals surface area contributed by atoms with Crippen LogP contribution in [0.15, 0.2) is 48.5 Å². The first-order valence-corrected chi connectivity index (χ1v) is 8.83. The summed E-state index contributed by atoms with van der Waals surface area (Å²) in [6, 6.07) is 12.4. The Morgan fingerprint density at radius 3 is 2.43 bits per heavy atom. The highest BCUT2D eigenvalue weighted by atomic mass is 32.2. The maximum absolute atomic E-state index is 13.1. The Morgan fingerprint density at radius 1 is 1.17 bits per heavy atom. The fourth-order valence-electron chi connectivity index (χ4n) is 2.03. The van der Waals surface area contributed by atoms with Crippen LogP contribution in [0.3, 0.4) is 0 Å². The van der Waals surface area contributed by atoms with Crippen molar-refractivity contribution in [3.63, 3.8) is 0 Å². The molecule has 0 fully saturated rings. The number of nitrogens with one attached hydrogen (secondary N) is 1. The van der Waals surface area contributed by atoms with E-state index in [9.17, 15) is 17.6 Å². The van der Waals surface area contributed by atoms with Crippen molar-refractivity contribution < 1.29 is 17.6 Å². The lowest BCUT2D eigenvalue weighted by Crippen LogP contribution is -2.33. The molecule has 0 saturated carbocycles. The second-order valence-electron chi connectivity index (χ2n) is 5.43. The third-order valence-electron chi connectivity index (χ3n) is 3.48. The van der Waals surface area contributed by atoms with Gasteiger partial charge in [0.15, 0.2) is 9.84 Å². The predicted molar refractivity (Wildman–Crippen MR) is 88.3 cm³/mol. The molecule has 2 aromatic carbocycles. The standard InChI is InChI=1S/C17H18FNO3S/c1-12-6-8-16(9-7-12)19-17(20)13(2)23(21,22)11-14-4-3-5-15(18)10-14/h3-10,13H,11H2,1-2H3,(H,19,20). The number of hydrogen-bond acceptors (Lipinski definition) is 3. The third-order valence-corrected chi connectivity index (χ3v) is 5.51. The number of carbonyl (C=O) groups is 1. The maximum atomic E-state index is 13.1. The molecule has 23 heavy (non-hydrogen) atoms. The molecule has 1 N–H and O–H groups in total. The Kier molecular flexibility index (Phi) is 5.15. The topological polar surface area (TPSA) is 63.2 Å². The van der Waals surface area contributed by atoms with E-state index in [2.05, 4.69) is 5.32 Å². The molecule has 0 saturated heterocycles. The monoisotopic (exact) mass is 335 g/mol. The summed E-state index contributed by atoms with van der Waals surface area (Å²) >= 11 is 0. The van der Waals surface area contributed by atoms with Crippen molar-refractivity contribution in [2.24, 2.45) is 0 Å². The zero-order chi connectivity index (χ0) is 17.0. The van der Waals surface area contributed by atoms with Crippen molar-refractivity contribution in [2.45, 2.75) is 24.9 Å². The largest absolute Gasteiger partial charge is 0.325 e. The fourth-order valence-corrected chi connectivity index (χ4v) is 3.31. The SMILES string of the molecule is Cc1ccc(NC(=O)C(C)S(=O)(=O)Cc2cccc(F)c2)cc1. The second-order valence-corrected chi connectivity index (χ2v) is 7.76. The molecule has 0 aliphatic heterocycles. The number of benzene rings is 2. The van der Waals surface area contributed by atoms with Gasteiger partial charge in [0.1, 0.15) is 11.1 Å². The molecule has 1 unspecified atom stereocenters. The number of aryl methyl sites for hydroxylation is 1. The van der Waals surface area contributed by atoms with Gasteiger partial charge in [0.05, 0.1) is 5.75 Å². The van der Waals surface area contributed by atoms with Crippen LogP contribution in [0.1, 0.15) is 18.1 Å². The van der Waals surface area contributed by atoms with Crippen LogP contribution < -0.4 is 5.32 Å². The molecule has 2 aromatic rings. The van der Waals surface area contributed by atoms with E-state index in [1.54, 1.807) is 12.1 Å². The van der Waals surface area contributed by atoms with Crippen molar-refractivity contribution >= 4 is 21.4 Å². The van der Waals surface area contributed by atoms with Gasteiger partial charge in [-0.25, -0.2) is 12.8 Å². The Morgan fingerprint density at radius 2 is 1.83 bits per heavy atom. The summed E-state index contributed by atoms with van der Waals surface area (Å²) in [6.07, 6.45) is 0. The maximum Gasteiger partial charge on any atom is 0.242 e. The Bertz CT molecular complexity index is 801. The first-order valence-electron chi connectivity index (χ1n) is 7.11. The molecule has 0 radical (unpaired) electrons. The first-order chi connectivity index (χ1) is 10.8. The number of anilines is 1. The van der Waals surface area contributed by atoms with Crippen molar-refractivity contribution in [2.75, 3.05) is 5.32 Å². The molecule has 0 bridgehead atoms. The molecule has 0 spiro atoms. The van der Waals surface area contributed by atoms with Gasteiger partial charge in [-0.3, -0.25) is 4.79 Å². The quantitative estimate of drug-likeness (QED) is 0.913. The van der Waals surface area contributed by atoms with Crippen LogP contribution in [0.4, 0.5) is 10.1 Å². The van der Waals surface area contributed by atoms with Gasteiger partial charge in [-0.05, 0) is 43.7 Å². The molecule has 0 aromatic heterocycles. The van der Waals surface area contributed by atoms with Gasteiger partial charge in [0, 0.05) is 5.69 Å². The lowest BCUT2D eigenvalue weighted by atomic mass is 10.2. The van der Waals surface area contributed by atoms with E-state index in [1.807, 2.05) is 19.1 Å². The van der Waals surface area contributed by atoms with Crippen molar-refractivity contribution in [3.05, 3.63) is 65.5 Å². The Hall–Kier alpha value is -2.21. The Balaban J connectivity index is 2.09. The van der Waals surface area contributed by atoms with Crippen molar-refractivity contribution in [3.8, 4) is 0 Å². The van der Waals surface area contributed by atoms with Crippen LogP contribution in [0.25, 0.3) is 0 Å². The minimum absolute atomic E-state index is 0.319. The smallest absolute Gasteiger partial charge is 0.242 e. The van der Waals surface area contributed by atoms with Crippen LogP contribution in [-0.4, -0.2) is 19.6 Å². The first kappa shape index (κ1) is 17.1. The number of carbonyl (C=O) groups excluding carboxylic acids is 1. The predicted octanol–water partition coefficient (Wildman–Crippen LogP) is 3.08. The molecular weight excluding hydrogens is 317 g/mol. The number of sulfone groups is 1. The molecule has 0 aliphatic rings. The van der Waals surface area contributed by atoms with E-state index in [-0.39, 0.29) is 5.75 Å². The van der Waals surface area contributed by atoms with E-state index >= 15 is 0 Å². The van der Waals surface area contributed by atoms with Gasteiger partial charge in [-0.1, -0.05) is 29.8 Å². The summed E-state index contributed by atoms with van der Waals surface area (Å²) in [4.78, 5) is 12.1. The van der Waals surface area contributed by atoms with Gasteiger partial charge >= 0.3 is 0 Å². The van der Waals surface area contributed by atoms with Gasteiger partial charge in [0.25, 0.3) is 0 Å². The molecule has 0 aliphatic carbocycles. The Labute approximate surface area is 135 Å². The van der Waals surface area contributed by atoms with Crippen LogP contribution in [0.5, 0.6) is 0 Å². The van der Waals surface area contributed by atoms with Gasteiger partial charge < -0.3 is 5.32 Å². The van der Waals surface area contributed by atoms with Gasteiger partial charge in [-0.15, -0.1) is 0 Å². The zero-order valence-electron chi connectivity index (χ0n) is 12.9. The number of amides is 1. The summed E-state index contributed by atoms with van der Waals surface area (Å²) in [5.41, 5.74) is 1.89. The summed E-state index contributed by atoms with van der Waals surface area (Å²) in [5, 5.41) is 1.35. The van der Waals surface area contributed by atoms with Crippen molar-refractivity contribution in [1.29, 1.82) is 0 Å². The zero-order valence-corrected chi connectivity index (χ0v) is 13.7. The highest BCUT2D eigenvalue weighted by Gasteiger charge is 2.28. The average molecular weight is 335 g/mol. The fraction of sp³-hybridized carbons (Fsp3) is 0.235. The molecular formula is C17H18FNO3S. The molecule has 6 heteroatoms. The summed E-state index contributed by atoms with van der Waals surface area (Å²) in [7, 11) is -3.74. The number of hydrogen-bond donors (Lipinski definition) is 1. The molecule has 122 valence electrons. The second kappa shape index (κ2) is 6.91. The van der Waals surface area contributed by atoms with Crippen molar-refractivity contribution in [1.82, 2.24) is 0 Å². The number of halogens is 1. The third kappa shape index (κ3) is 4.63. The van der Waals surface area contributed by atoms with E-state index in [1.165, 1.54) is 25.1 Å². The lowest BCUT2D eigenvalue weighted by Gasteiger charge is -2.13. The van der Waals surface area contributed by atoms with Gasteiger partial charge in [0.2, 0.25) is 5.91 Å². The summed E-state index contributed by atoms with van der Waals surface area (Å²) in [6.45, 7) is 3.25. The molecule has 2 rings (SSSR count). The van der Waals surface area contributed by atoms with E-state index in [0.29, 0.717) is 11.3 Å². The molecule has 4 nitrogen and oxygen atoms in total. The normalized spacial score (nSPS) is 12.7. The van der Waals surface area contributed by atoms with Crippen LogP contribution in [0.2, 0.25) is 0 Å². The molecule has 1 amide bonds. The minimum atomic E-state index is -3.74. The lowest BCUT2D eigenvalue weighted by molar-refractivity contribution is -0.115. The minimum Gasteiger partial charge on any atom is -0.325 e. The van der Waals surface area contributed by atoms with Crippen LogP contribution in [0, 0.1) is 12.7 Å². The van der Waals surface area contributed by atoms with E-state index < -0.39 is 26.8 Å². The molecule has 0 heterocycles. The highest BCUT2D eigenvalue weighted by molar-refractivity contribution is 7.92. The van der Waals surface area contributed by atoms with Crippen LogP contribution in [-0.2, 0) is 20.4 Å². The van der Waals surface area contributed by atoms with E-state index in [4.69, 9.17) is 0 Å². The number of rotatable bonds is 5. The summed E-state index contributed by atoms with van der Waals surface area (Å²) in [5.74, 6) is -1.49. The van der Waals surface area contributed by atoms with Crippen LogP contribution >= 0.6 is 0 Å². The molecule has 1 atom stereocenters. The average Bonchev–Trinajstić information content (AvgIpc) is 2.48.